The largest absolute Gasteiger partial charge is 0.377 e. The molecule has 6 nitrogen and oxygen atoms in total. The Bertz CT molecular complexity index is 1100. The summed E-state index contributed by atoms with van der Waals surface area (Å²) in [6, 6.07) is 17.6. The zero-order chi connectivity index (χ0) is 26.5. The third-order valence-corrected chi connectivity index (χ3v) is 10.3. The molecular formula is C29H35NO5S4. The van der Waals surface area contributed by atoms with E-state index in [1.54, 1.807) is 22.7 Å². The molecule has 10 heteroatoms. The van der Waals surface area contributed by atoms with E-state index in [0.29, 0.717) is 59.5 Å². The van der Waals surface area contributed by atoms with Crippen molar-refractivity contribution < 1.29 is 23.7 Å². The van der Waals surface area contributed by atoms with Crippen LogP contribution in [0.15, 0.2) is 59.3 Å². The molecule has 210 valence electrons. The smallest absolute Gasteiger partial charge is 0.0936 e. The highest BCUT2D eigenvalue weighted by molar-refractivity contribution is 7.21. The third kappa shape index (κ3) is 9.57. The lowest BCUT2D eigenvalue weighted by atomic mass is 10.3. The first-order valence-corrected chi connectivity index (χ1v) is 16.6. The van der Waals surface area contributed by atoms with Gasteiger partial charge in [-0.05, 0) is 47.2 Å². The summed E-state index contributed by atoms with van der Waals surface area (Å²) in [5.74, 6) is 0. The molecule has 0 aliphatic carbocycles. The van der Waals surface area contributed by atoms with Gasteiger partial charge in [-0.1, -0.05) is 12.1 Å². The van der Waals surface area contributed by atoms with Crippen LogP contribution in [0.3, 0.4) is 0 Å². The van der Waals surface area contributed by atoms with E-state index in [-0.39, 0.29) is 6.10 Å². The number of hydrogen-bond donors (Lipinski definition) is 0. The van der Waals surface area contributed by atoms with Crippen LogP contribution >= 0.6 is 45.3 Å². The van der Waals surface area contributed by atoms with Gasteiger partial charge in [-0.3, -0.25) is 4.90 Å². The van der Waals surface area contributed by atoms with E-state index in [1.807, 2.05) is 22.7 Å². The highest BCUT2D eigenvalue weighted by atomic mass is 32.1. The van der Waals surface area contributed by atoms with Gasteiger partial charge in [-0.15, -0.1) is 45.3 Å². The Balaban J connectivity index is 1.27. The van der Waals surface area contributed by atoms with Crippen molar-refractivity contribution in [2.45, 2.75) is 19.2 Å². The van der Waals surface area contributed by atoms with Crippen LogP contribution in [0, 0.1) is 0 Å². The molecule has 1 atom stereocenters. The maximum atomic E-state index is 6.29. The Morgan fingerprint density at radius 3 is 1.62 bits per heavy atom. The third-order valence-electron chi connectivity index (χ3n) is 6.07. The fourth-order valence-corrected chi connectivity index (χ4v) is 8.01. The van der Waals surface area contributed by atoms with E-state index >= 15 is 0 Å². The lowest BCUT2D eigenvalue weighted by Gasteiger charge is -2.27. The summed E-state index contributed by atoms with van der Waals surface area (Å²) in [6.45, 7) is 7.45. The van der Waals surface area contributed by atoms with Gasteiger partial charge in [0.05, 0.1) is 65.6 Å². The van der Waals surface area contributed by atoms with E-state index < -0.39 is 0 Å². The monoisotopic (exact) mass is 605 g/mol. The van der Waals surface area contributed by atoms with Crippen molar-refractivity contribution in [3.63, 3.8) is 0 Å². The summed E-state index contributed by atoms with van der Waals surface area (Å²) in [4.78, 5) is 10.5. The molecule has 0 radical (unpaired) electrons. The molecule has 1 fully saturated rings. The number of ether oxygens (including phenoxy) is 5. The second-order valence-electron chi connectivity index (χ2n) is 9.06. The van der Waals surface area contributed by atoms with Gasteiger partial charge < -0.3 is 23.7 Å². The fraction of sp³-hybridized carbons (Fsp3) is 0.448. The summed E-state index contributed by atoms with van der Waals surface area (Å²) in [5, 5.41) is 4.27. The Kier molecular flexibility index (Phi) is 12.0. The summed E-state index contributed by atoms with van der Waals surface area (Å²) < 4.78 is 29.1. The molecule has 1 aliphatic rings. The molecule has 39 heavy (non-hydrogen) atoms. The van der Waals surface area contributed by atoms with Gasteiger partial charge in [-0.25, -0.2) is 0 Å². The van der Waals surface area contributed by atoms with Gasteiger partial charge in [-0.2, -0.15) is 0 Å². The molecule has 0 N–H and O–H groups in total. The predicted molar refractivity (Wildman–Crippen MR) is 162 cm³/mol. The fourth-order valence-electron chi connectivity index (χ4n) is 4.24. The van der Waals surface area contributed by atoms with E-state index in [4.69, 9.17) is 23.7 Å². The molecular weight excluding hydrogens is 571 g/mol. The Morgan fingerprint density at radius 1 is 0.590 bits per heavy atom. The van der Waals surface area contributed by atoms with Crippen LogP contribution in [-0.4, -0.2) is 77.0 Å². The van der Waals surface area contributed by atoms with Crippen LogP contribution in [0.2, 0.25) is 0 Å². The lowest BCUT2D eigenvalue weighted by molar-refractivity contribution is -0.0584. The van der Waals surface area contributed by atoms with E-state index in [1.165, 1.54) is 29.3 Å². The summed E-state index contributed by atoms with van der Waals surface area (Å²) in [7, 11) is 0. The standard InChI is InChI=1S/C29H35NO5S4/c1-3-26(36-17-1)28-7-5-24(38-28)20-30(21-25-6-8-29(39-25)27-4-2-18-37-27)19-23-22-34-14-13-32-10-9-31-11-12-33-15-16-35-23/h1-8,17-18,23H,9-16,19-22H2. The van der Waals surface area contributed by atoms with Crippen molar-refractivity contribution in [1.82, 2.24) is 4.90 Å². The molecule has 0 spiro atoms. The average molecular weight is 606 g/mol. The molecule has 0 amide bonds. The van der Waals surface area contributed by atoms with Gasteiger partial charge in [0, 0.05) is 48.9 Å². The van der Waals surface area contributed by atoms with Crippen molar-refractivity contribution in [3.8, 4) is 19.5 Å². The highest BCUT2D eigenvalue weighted by Crippen LogP contribution is 2.34. The molecule has 1 unspecified atom stereocenters. The molecule has 4 aromatic rings. The zero-order valence-electron chi connectivity index (χ0n) is 22.0. The zero-order valence-corrected chi connectivity index (χ0v) is 25.2. The maximum absolute atomic E-state index is 6.29. The topological polar surface area (TPSA) is 49.4 Å². The van der Waals surface area contributed by atoms with Crippen LogP contribution in [0.4, 0.5) is 0 Å². The van der Waals surface area contributed by atoms with Crippen LogP contribution in [0.5, 0.6) is 0 Å². The first-order chi connectivity index (χ1) is 19.3. The minimum Gasteiger partial charge on any atom is -0.377 e. The van der Waals surface area contributed by atoms with Gasteiger partial charge in [0.2, 0.25) is 0 Å². The summed E-state index contributed by atoms with van der Waals surface area (Å²) >= 11 is 7.32. The van der Waals surface area contributed by atoms with Gasteiger partial charge in [0.15, 0.2) is 0 Å². The van der Waals surface area contributed by atoms with Crippen molar-refractivity contribution in [1.29, 1.82) is 0 Å². The number of hydrogen-bond acceptors (Lipinski definition) is 10. The number of rotatable bonds is 8. The van der Waals surface area contributed by atoms with Crippen LogP contribution in [-0.2, 0) is 36.8 Å². The van der Waals surface area contributed by atoms with E-state index in [0.717, 1.165) is 19.6 Å². The molecule has 0 saturated carbocycles. The normalized spacial score (nSPS) is 18.6. The molecule has 4 aromatic heterocycles. The minimum atomic E-state index is -0.0663. The molecule has 0 bridgehead atoms. The summed E-state index contributed by atoms with van der Waals surface area (Å²) in [6.07, 6.45) is -0.0663. The number of nitrogens with zero attached hydrogens (tertiary/aromatic N) is 1. The van der Waals surface area contributed by atoms with Gasteiger partial charge >= 0.3 is 0 Å². The highest BCUT2D eigenvalue weighted by Gasteiger charge is 2.19. The Morgan fingerprint density at radius 2 is 1.10 bits per heavy atom. The molecule has 5 heterocycles. The van der Waals surface area contributed by atoms with E-state index in [9.17, 15) is 0 Å². The lowest BCUT2D eigenvalue weighted by Crippen LogP contribution is -2.36. The molecule has 1 saturated heterocycles. The molecule has 1 aliphatic heterocycles. The van der Waals surface area contributed by atoms with Crippen molar-refractivity contribution in [2.75, 3.05) is 66.0 Å². The van der Waals surface area contributed by atoms with Crippen LogP contribution in [0.25, 0.3) is 19.5 Å². The first kappa shape index (κ1) is 29.1. The predicted octanol–water partition coefficient (Wildman–Crippen LogP) is 6.73. The second-order valence-corrected chi connectivity index (χ2v) is 13.3. The number of thiophene rings is 4. The van der Waals surface area contributed by atoms with Crippen LogP contribution < -0.4 is 0 Å². The van der Waals surface area contributed by atoms with Gasteiger partial charge in [0.1, 0.15) is 0 Å². The van der Waals surface area contributed by atoms with E-state index in [2.05, 4.69) is 64.2 Å². The average Bonchev–Trinajstić information content (AvgIpc) is 3.75. The molecule has 0 aromatic carbocycles. The quantitative estimate of drug-likeness (QED) is 0.222. The summed E-state index contributed by atoms with van der Waals surface area (Å²) in [5.41, 5.74) is 0. The minimum absolute atomic E-state index is 0.0663. The van der Waals surface area contributed by atoms with Crippen LogP contribution in [0.1, 0.15) is 9.75 Å². The second kappa shape index (κ2) is 16.1. The first-order valence-electron chi connectivity index (χ1n) is 13.2. The maximum Gasteiger partial charge on any atom is 0.0936 e. The molecule has 5 rings (SSSR count). The Labute approximate surface area is 246 Å². The van der Waals surface area contributed by atoms with Crippen molar-refractivity contribution in [3.05, 3.63) is 69.0 Å². The van der Waals surface area contributed by atoms with Crippen molar-refractivity contribution >= 4 is 45.3 Å². The Hall–Kier alpha value is -1.44. The van der Waals surface area contributed by atoms with Crippen molar-refractivity contribution in [2.24, 2.45) is 0 Å². The van der Waals surface area contributed by atoms with Gasteiger partial charge in [0.25, 0.3) is 0 Å². The SMILES string of the molecule is c1csc(-c2ccc(CN(Cc3ccc(-c4cccs4)s3)CC3COCCOCCOCCOCCO3)s2)c1.